The predicted molar refractivity (Wildman–Crippen MR) is 88.4 cm³/mol. The lowest BCUT2D eigenvalue weighted by Gasteiger charge is -2.31. The number of nitrogens with zero attached hydrogens (tertiary/aromatic N) is 3. The summed E-state index contributed by atoms with van der Waals surface area (Å²) in [5, 5.41) is 4.04. The van der Waals surface area contributed by atoms with Crippen LogP contribution in [0.2, 0.25) is 0 Å². The summed E-state index contributed by atoms with van der Waals surface area (Å²) in [6.07, 6.45) is 3.71. The molecule has 6 heteroatoms. The molecular formula is C18H18N4O2. The van der Waals surface area contributed by atoms with Crippen LogP contribution in [-0.4, -0.2) is 39.0 Å². The number of nitrogens with one attached hydrogen (secondary N) is 1. The van der Waals surface area contributed by atoms with Gasteiger partial charge in [-0.2, -0.15) is 4.98 Å². The molecule has 1 aromatic carbocycles. The number of likely N-dealkylation sites (tertiary alicyclic amines) is 1. The number of carbonyl (C=O) groups is 1. The maximum atomic E-state index is 12.6. The zero-order chi connectivity index (χ0) is 16.4. The molecule has 3 heterocycles. The number of hydrogen-bond donors (Lipinski definition) is 1. The maximum absolute atomic E-state index is 12.6. The fourth-order valence-corrected chi connectivity index (χ4v) is 3.11. The van der Waals surface area contributed by atoms with Crippen molar-refractivity contribution < 1.29 is 9.32 Å². The highest BCUT2D eigenvalue weighted by atomic mass is 16.5. The van der Waals surface area contributed by atoms with E-state index >= 15 is 0 Å². The Balaban J connectivity index is 1.50. The minimum Gasteiger partial charge on any atom is -0.359 e. The first-order valence-electron chi connectivity index (χ1n) is 8.13. The van der Waals surface area contributed by atoms with E-state index in [1.54, 1.807) is 0 Å². The Morgan fingerprint density at radius 2 is 2.08 bits per heavy atom. The fraction of sp³-hybridized carbons (Fsp3) is 0.278. The number of aromatic amines is 1. The molecule has 4 rings (SSSR count). The molecule has 3 aromatic rings. The molecule has 1 aliphatic rings. The molecular weight excluding hydrogens is 304 g/mol. The van der Waals surface area contributed by atoms with Crippen molar-refractivity contribution in [1.82, 2.24) is 20.0 Å². The molecule has 6 nitrogen and oxygen atoms in total. The fourth-order valence-electron chi connectivity index (χ4n) is 3.11. The van der Waals surface area contributed by atoms with Crippen molar-refractivity contribution in [3.8, 4) is 11.5 Å². The summed E-state index contributed by atoms with van der Waals surface area (Å²) in [6.45, 7) is 1.38. The molecule has 24 heavy (non-hydrogen) atoms. The summed E-state index contributed by atoms with van der Waals surface area (Å²) in [5.41, 5.74) is 1.55. The molecule has 0 aliphatic carbocycles. The first-order valence-corrected chi connectivity index (χ1v) is 8.13. The Bertz CT molecular complexity index is 811. The van der Waals surface area contributed by atoms with Gasteiger partial charge in [-0.1, -0.05) is 23.4 Å². The molecule has 2 aromatic heterocycles. The van der Waals surface area contributed by atoms with Gasteiger partial charge in [0.1, 0.15) is 0 Å². The highest BCUT2D eigenvalue weighted by Gasteiger charge is 2.29. The van der Waals surface area contributed by atoms with Crippen molar-refractivity contribution in [2.45, 2.75) is 18.8 Å². The highest BCUT2D eigenvalue weighted by Crippen LogP contribution is 2.28. The lowest BCUT2D eigenvalue weighted by Crippen LogP contribution is -2.39. The van der Waals surface area contributed by atoms with Gasteiger partial charge in [0.2, 0.25) is 11.7 Å². The van der Waals surface area contributed by atoms with E-state index in [9.17, 15) is 4.79 Å². The van der Waals surface area contributed by atoms with Gasteiger partial charge >= 0.3 is 0 Å². The molecule has 122 valence electrons. The van der Waals surface area contributed by atoms with Gasteiger partial charge in [-0.05, 0) is 37.1 Å². The normalized spacial score (nSPS) is 17.8. The first kappa shape index (κ1) is 14.7. The van der Waals surface area contributed by atoms with Crippen molar-refractivity contribution in [3.05, 3.63) is 60.1 Å². The third-order valence-corrected chi connectivity index (χ3v) is 4.36. The van der Waals surface area contributed by atoms with E-state index in [1.807, 2.05) is 53.6 Å². The van der Waals surface area contributed by atoms with Gasteiger partial charge in [0.25, 0.3) is 5.91 Å². The van der Waals surface area contributed by atoms with E-state index in [0.29, 0.717) is 18.3 Å². The van der Waals surface area contributed by atoms with E-state index in [1.165, 1.54) is 0 Å². The standard InChI is InChI=1S/C18H18N4O2/c23-18(13-6-2-1-3-7-13)22-11-5-8-14(12-22)17-20-16(21-24-17)15-9-4-10-19-15/h1-4,6-7,9-10,14,19H,5,8,11-12H2. The lowest BCUT2D eigenvalue weighted by molar-refractivity contribution is 0.0695. The molecule has 1 aliphatic heterocycles. The van der Waals surface area contributed by atoms with Crippen LogP contribution in [0.25, 0.3) is 11.5 Å². The Kier molecular flexibility index (Phi) is 3.86. The summed E-state index contributed by atoms with van der Waals surface area (Å²) in [4.78, 5) is 22.1. The maximum Gasteiger partial charge on any atom is 0.253 e. The monoisotopic (exact) mass is 322 g/mol. The summed E-state index contributed by atoms with van der Waals surface area (Å²) >= 11 is 0. The number of aromatic nitrogens is 3. The van der Waals surface area contributed by atoms with Gasteiger partial charge in [-0.25, -0.2) is 0 Å². The quantitative estimate of drug-likeness (QED) is 0.804. The van der Waals surface area contributed by atoms with E-state index in [2.05, 4.69) is 15.1 Å². The second-order valence-corrected chi connectivity index (χ2v) is 6.00. The molecule has 0 radical (unpaired) electrons. The van der Waals surface area contributed by atoms with E-state index in [-0.39, 0.29) is 11.8 Å². The SMILES string of the molecule is O=C(c1ccccc1)N1CCCC(c2nc(-c3ccc[nH]3)no2)C1. The molecule has 0 bridgehead atoms. The number of carbonyl (C=O) groups excluding carboxylic acids is 1. The second-order valence-electron chi connectivity index (χ2n) is 6.00. The zero-order valence-corrected chi connectivity index (χ0v) is 13.2. The number of rotatable bonds is 3. The van der Waals surface area contributed by atoms with Gasteiger partial charge in [0.15, 0.2) is 0 Å². The van der Waals surface area contributed by atoms with Gasteiger partial charge in [-0.3, -0.25) is 4.79 Å². The van der Waals surface area contributed by atoms with Crippen LogP contribution in [0.5, 0.6) is 0 Å². The molecule has 1 unspecified atom stereocenters. The molecule has 1 fully saturated rings. The summed E-state index contributed by atoms with van der Waals surface area (Å²) in [6, 6.07) is 13.2. The van der Waals surface area contributed by atoms with Crippen LogP contribution in [0.15, 0.2) is 53.2 Å². The number of benzene rings is 1. The molecule has 1 saturated heterocycles. The summed E-state index contributed by atoms with van der Waals surface area (Å²) in [7, 11) is 0. The van der Waals surface area contributed by atoms with Gasteiger partial charge < -0.3 is 14.4 Å². The summed E-state index contributed by atoms with van der Waals surface area (Å²) < 4.78 is 5.44. The Morgan fingerprint density at radius 3 is 2.88 bits per heavy atom. The predicted octanol–water partition coefficient (Wildman–Crippen LogP) is 3.08. The third-order valence-electron chi connectivity index (χ3n) is 4.36. The molecule has 1 N–H and O–H groups in total. The average molecular weight is 322 g/mol. The molecule has 0 saturated carbocycles. The van der Waals surface area contributed by atoms with Crippen LogP contribution >= 0.6 is 0 Å². The van der Waals surface area contributed by atoms with E-state index in [4.69, 9.17) is 4.52 Å². The van der Waals surface area contributed by atoms with Gasteiger partial charge in [0.05, 0.1) is 11.6 Å². The number of H-pyrrole nitrogens is 1. The molecule has 1 amide bonds. The van der Waals surface area contributed by atoms with Crippen LogP contribution < -0.4 is 0 Å². The minimum absolute atomic E-state index is 0.0596. The Labute approximate surface area is 139 Å². The van der Waals surface area contributed by atoms with Crippen LogP contribution in [-0.2, 0) is 0 Å². The van der Waals surface area contributed by atoms with Crippen molar-refractivity contribution in [2.24, 2.45) is 0 Å². The van der Waals surface area contributed by atoms with E-state index in [0.717, 1.165) is 30.6 Å². The lowest BCUT2D eigenvalue weighted by atomic mass is 9.97. The van der Waals surface area contributed by atoms with Gasteiger partial charge in [0, 0.05) is 24.8 Å². The number of hydrogen-bond acceptors (Lipinski definition) is 4. The van der Waals surface area contributed by atoms with Crippen molar-refractivity contribution in [1.29, 1.82) is 0 Å². The second kappa shape index (κ2) is 6.31. The first-order chi connectivity index (χ1) is 11.8. The van der Waals surface area contributed by atoms with Crippen LogP contribution in [0.4, 0.5) is 0 Å². The largest absolute Gasteiger partial charge is 0.359 e. The minimum atomic E-state index is 0.0596. The zero-order valence-electron chi connectivity index (χ0n) is 13.2. The van der Waals surface area contributed by atoms with Crippen LogP contribution in [0.1, 0.15) is 35.0 Å². The smallest absolute Gasteiger partial charge is 0.253 e. The summed E-state index contributed by atoms with van der Waals surface area (Å²) in [5.74, 6) is 1.30. The Hall–Kier alpha value is -2.89. The Morgan fingerprint density at radius 1 is 1.21 bits per heavy atom. The van der Waals surface area contributed by atoms with Gasteiger partial charge in [-0.15, -0.1) is 0 Å². The molecule has 1 atom stereocenters. The third kappa shape index (κ3) is 2.82. The van der Waals surface area contributed by atoms with E-state index < -0.39 is 0 Å². The highest BCUT2D eigenvalue weighted by molar-refractivity contribution is 5.94. The van der Waals surface area contributed by atoms with Crippen molar-refractivity contribution in [2.75, 3.05) is 13.1 Å². The van der Waals surface area contributed by atoms with Crippen LogP contribution in [0.3, 0.4) is 0 Å². The topological polar surface area (TPSA) is 75.0 Å². The number of amides is 1. The molecule has 0 spiro atoms. The van der Waals surface area contributed by atoms with Crippen LogP contribution in [0, 0.1) is 0 Å². The number of piperidine rings is 1. The van der Waals surface area contributed by atoms with Crippen molar-refractivity contribution >= 4 is 5.91 Å². The average Bonchev–Trinajstić information content (AvgIpc) is 3.33. The van der Waals surface area contributed by atoms with Crippen molar-refractivity contribution in [3.63, 3.8) is 0 Å².